The van der Waals surface area contributed by atoms with Gasteiger partial charge < -0.3 is 5.73 Å². The first-order valence-electron chi connectivity index (χ1n) is 4.50. The lowest BCUT2D eigenvalue weighted by atomic mass is 10.1. The highest BCUT2D eigenvalue weighted by Crippen LogP contribution is 2.12. The molecule has 0 saturated heterocycles. The number of hydrogen-bond acceptors (Lipinski definition) is 3. The van der Waals surface area contributed by atoms with Crippen LogP contribution in [-0.2, 0) is 9.63 Å². The summed E-state index contributed by atoms with van der Waals surface area (Å²) in [6.07, 6.45) is 0. The second kappa shape index (κ2) is 5.43. The summed E-state index contributed by atoms with van der Waals surface area (Å²) in [4.78, 5) is 15.2. The third-order valence-corrected chi connectivity index (χ3v) is 1.82. The maximum atomic E-state index is 12.8. The predicted molar refractivity (Wildman–Crippen MR) is 53.1 cm³/mol. The van der Waals surface area contributed by atoms with Crippen LogP contribution in [0.25, 0.3) is 0 Å². The largest absolute Gasteiger partial charge is 0.368 e. The van der Waals surface area contributed by atoms with E-state index in [4.69, 9.17) is 10.6 Å². The molecule has 0 fully saturated rings. The van der Waals surface area contributed by atoms with E-state index in [0.29, 0.717) is 0 Å². The summed E-state index contributed by atoms with van der Waals surface area (Å²) in [7, 11) is 0. The fourth-order valence-corrected chi connectivity index (χ4v) is 1.08. The Morgan fingerprint density at radius 2 is 2.40 bits per heavy atom. The fourth-order valence-electron chi connectivity index (χ4n) is 1.08. The molecule has 1 atom stereocenters. The number of carbonyl (C=O) groups excluding carboxylic acids is 1. The van der Waals surface area contributed by atoms with Crippen LogP contribution in [0.2, 0.25) is 0 Å². The Labute approximate surface area is 87.2 Å². The molecule has 82 valence electrons. The SMILES string of the molecule is CC(NOCC(N)=O)c1cccc(F)c1. The monoisotopic (exact) mass is 212 g/mol. The number of nitrogens with two attached hydrogens (primary N) is 1. The lowest BCUT2D eigenvalue weighted by Gasteiger charge is -2.13. The minimum Gasteiger partial charge on any atom is -0.368 e. The van der Waals surface area contributed by atoms with Gasteiger partial charge in [0.2, 0.25) is 5.91 Å². The van der Waals surface area contributed by atoms with Crippen molar-refractivity contribution in [2.45, 2.75) is 13.0 Å². The summed E-state index contributed by atoms with van der Waals surface area (Å²) in [5, 5.41) is 0. The van der Waals surface area contributed by atoms with E-state index in [2.05, 4.69) is 5.48 Å². The molecule has 0 aliphatic heterocycles. The highest BCUT2D eigenvalue weighted by molar-refractivity contribution is 5.74. The molecular formula is C10H13FN2O2. The smallest absolute Gasteiger partial charge is 0.245 e. The van der Waals surface area contributed by atoms with Crippen LogP contribution < -0.4 is 11.2 Å². The zero-order valence-corrected chi connectivity index (χ0v) is 8.37. The van der Waals surface area contributed by atoms with Crippen molar-refractivity contribution in [1.29, 1.82) is 0 Å². The molecule has 1 aromatic carbocycles. The first-order valence-corrected chi connectivity index (χ1v) is 4.50. The van der Waals surface area contributed by atoms with E-state index in [-0.39, 0.29) is 18.5 Å². The van der Waals surface area contributed by atoms with Crippen molar-refractivity contribution < 1.29 is 14.0 Å². The number of hydrogen-bond donors (Lipinski definition) is 2. The Bertz CT molecular complexity index is 344. The average Bonchev–Trinajstić information content (AvgIpc) is 2.17. The molecule has 1 amide bonds. The molecule has 4 nitrogen and oxygen atoms in total. The van der Waals surface area contributed by atoms with Crippen LogP contribution in [-0.4, -0.2) is 12.5 Å². The molecule has 0 bridgehead atoms. The molecule has 0 spiro atoms. The molecule has 0 heterocycles. The van der Waals surface area contributed by atoms with Crippen LogP contribution in [0.1, 0.15) is 18.5 Å². The van der Waals surface area contributed by atoms with Crippen molar-refractivity contribution in [1.82, 2.24) is 5.48 Å². The van der Waals surface area contributed by atoms with Gasteiger partial charge in [-0.1, -0.05) is 12.1 Å². The summed E-state index contributed by atoms with van der Waals surface area (Å²) in [6, 6.07) is 5.91. The third-order valence-electron chi connectivity index (χ3n) is 1.82. The summed E-state index contributed by atoms with van der Waals surface area (Å²) < 4.78 is 12.8. The van der Waals surface area contributed by atoms with Gasteiger partial charge in [0.15, 0.2) is 0 Å². The summed E-state index contributed by atoms with van der Waals surface area (Å²) in [6.45, 7) is 1.58. The fraction of sp³-hybridized carbons (Fsp3) is 0.300. The zero-order chi connectivity index (χ0) is 11.3. The molecule has 0 saturated carbocycles. The van der Waals surface area contributed by atoms with Crippen molar-refractivity contribution in [3.63, 3.8) is 0 Å². The number of benzene rings is 1. The molecule has 0 aliphatic rings. The average molecular weight is 212 g/mol. The minimum atomic E-state index is -0.561. The number of halogens is 1. The molecule has 0 aromatic heterocycles. The summed E-state index contributed by atoms with van der Waals surface area (Å²) >= 11 is 0. The summed E-state index contributed by atoms with van der Waals surface area (Å²) in [5.41, 5.74) is 8.20. The maximum Gasteiger partial charge on any atom is 0.245 e. The number of hydroxylamine groups is 1. The number of carbonyl (C=O) groups is 1. The molecule has 1 rings (SSSR count). The molecular weight excluding hydrogens is 199 g/mol. The topological polar surface area (TPSA) is 64.3 Å². The van der Waals surface area contributed by atoms with E-state index < -0.39 is 5.91 Å². The Morgan fingerprint density at radius 1 is 1.67 bits per heavy atom. The van der Waals surface area contributed by atoms with Crippen LogP contribution >= 0.6 is 0 Å². The van der Waals surface area contributed by atoms with Gasteiger partial charge in [0.05, 0.1) is 6.04 Å². The van der Waals surface area contributed by atoms with Gasteiger partial charge in [0.25, 0.3) is 0 Å². The second-order valence-electron chi connectivity index (χ2n) is 3.15. The standard InChI is InChI=1S/C10H13FN2O2/c1-7(13-15-6-10(12)14)8-3-2-4-9(11)5-8/h2-5,7,13H,6H2,1H3,(H2,12,14). The van der Waals surface area contributed by atoms with Crippen LogP contribution in [0.4, 0.5) is 4.39 Å². The molecule has 0 aliphatic carbocycles. The predicted octanol–water partition coefficient (Wildman–Crippen LogP) is 0.893. The summed E-state index contributed by atoms with van der Waals surface area (Å²) in [5.74, 6) is -0.870. The van der Waals surface area contributed by atoms with Crippen LogP contribution in [0.3, 0.4) is 0 Å². The van der Waals surface area contributed by atoms with Gasteiger partial charge >= 0.3 is 0 Å². The lowest BCUT2D eigenvalue weighted by Crippen LogP contribution is -2.26. The normalized spacial score (nSPS) is 12.4. The van der Waals surface area contributed by atoms with E-state index >= 15 is 0 Å². The maximum absolute atomic E-state index is 12.8. The lowest BCUT2D eigenvalue weighted by molar-refractivity contribution is -0.126. The van der Waals surface area contributed by atoms with E-state index in [1.54, 1.807) is 19.1 Å². The van der Waals surface area contributed by atoms with E-state index in [1.807, 2.05) is 0 Å². The van der Waals surface area contributed by atoms with E-state index in [0.717, 1.165) is 5.56 Å². The van der Waals surface area contributed by atoms with Crippen molar-refractivity contribution >= 4 is 5.91 Å². The highest BCUT2D eigenvalue weighted by atomic mass is 19.1. The van der Waals surface area contributed by atoms with Crippen LogP contribution in [0.15, 0.2) is 24.3 Å². The number of primary amides is 1. The van der Waals surface area contributed by atoms with E-state index in [1.165, 1.54) is 12.1 Å². The van der Waals surface area contributed by atoms with Gasteiger partial charge in [-0.05, 0) is 24.6 Å². The Morgan fingerprint density at radius 3 is 3.00 bits per heavy atom. The van der Waals surface area contributed by atoms with Crippen LogP contribution in [0, 0.1) is 5.82 Å². The highest BCUT2D eigenvalue weighted by Gasteiger charge is 2.06. The molecule has 0 radical (unpaired) electrons. The minimum absolute atomic E-state index is 0.208. The quantitative estimate of drug-likeness (QED) is 0.712. The van der Waals surface area contributed by atoms with Gasteiger partial charge in [0, 0.05) is 0 Å². The molecule has 1 unspecified atom stereocenters. The second-order valence-corrected chi connectivity index (χ2v) is 3.15. The van der Waals surface area contributed by atoms with Crippen molar-refractivity contribution in [2.75, 3.05) is 6.61 Å². The third kappa shape index (κ3) is 4.05. The Kier molecular flexibility index (Phi) is 4.20. The molecule has 1 aromatic rings. The molecule has 15 heavy (non-hydrogen) atoms. The van der Waals surface area contributed by atoms with E-state index in [9.17, 15) is 9.18 Å². The molecule has 3 N–H and O–H groups in total. The van der Waals surface area contributed by atoms with Crippen LogP contribution in [0.5, 0.6) is 0 Å². The van der Waals surface area contributed by atoms with Gasteiger partial charge in [-0.3, -0.25) is 9.63 Å². The first-order chi connectivity index (χ1) is 7.09. The van der Waals surface area contributed by atoms with Gasteiger partial charge in [0.1, 0.15) is 12.4 Å². The molecule has 5 heteroatoms. The number of rotatable bonds is 5. The number of amides is 1. The Hall–Kier alpha value is -1.46. The van der Waals surface area contributed by atoms with Gasteiger partial charge in [-0.15, -0.1) is 0 Å². The Balaban J connectivity index is 2.46. The zero-order valence-electron chi connectivity index (χ0n) is 8.37. The van der Waals surface area contributed by atoms with Gasteiger partial charge in [-0.25, -0.2) is 4.39 Å². The van der Waals surface area contributed by atoms with Crippen molar-refractivity contribution in [2.24, 2.45) is 5.73 Å². The van der Waals surface area contributed by atoms with Gasteiger partial charge in [-0.2, -0.15) is 5.48 Å². The van der Waals surface area contributed by atoms with Crippen molar-refractivity contribution in [3.8, 4) is 0 Å². The number of nitrogens with one attached hydrogen (secondary N) is 1. The first kappa shape index (κ1) is 11.6. The van der Waals surface area contributed by atoms with Crippen molar-refractivity contribution in [3.05, 3.63) is 35.6 Å².